The molecule has 2 N–H and O–H groups in total. The van der Waals surface area contributed by atoms with Crippen molar-refractivity contribution in [2.45, 2.75) is 26.8 Å². The summed E-state index contributed by atoms with van der Waals surface area (Å²) in [7, 11) is 0. The summed E-state index contributed by atoms with van der Waals surface area (Å²) in [4.78, 5) is 21.0. The smallest absolute Gasteiger partial charge is 0.274 e. The predicted molar refractivity (Wildman–Crippen MR) is 96.6 cm³/mol. The molecule has 0 aliphatic heterocycles. The van der Waals surface area contributed by atoms with E-state index < -0.39 is 0 Å². The average Bonchev–Trinajstić information content (AvgIpc) is 3.14. The van der Waals surface area contributed by atoms with Gasteiger partial charge >= 0.3 is 0 Å². The molecule has 0 fully saturated rings. The maximum atomic E-state index is 12.5. The molecule has 0 aliphatic carbocycles. The normalized spacial score (nSPS) is 10.5. The van der Waals surface area contributed by atoms with Gasteiger partial charge in [0, 0.05) is 11.8 Å². The van der Waals surface area contributed by atoms with Crippen molar-refractivity contribution < 1.29 is 9.21 Å². The maximum absolute atomic E-state index is 12.5. The summed E-state index contributed by atoms with van der Waals surface area (Å²) in [5.41, 5.74) is 2.28. The predicted octanol–water partition coefficient (Wildman–Crippen LogP) is 3.80. The molecule has 3 rings (SSSR count). The molecule has 2 aromatic heterocycles. The zero-order valence-corrected chi connectivity index (χ0v) is 14.2. The van der Waals surface area contributed by atoms with E-state index in [2.05, 4.69) is 27.5 Å². The Morgan fingerprint density at radius 2 is 1.96 bits per heavy atom. The van der Waals surface area contributed by atoms with Crippen LogP contribution in [0.1, 0.15) is 34.6 Å². The third kappa shape index (κ3) is 4.44. The van der Waals surface area contributed by atoms with Crippen molar-refractivity contribution in [2.75, 3.05) is 10.6 Å². The molecule has 6 nitrogen and oxygen atoms in total. The van der Waals surface area contributed by atoms with Gasteiger partial charge in [-0.2, -0.15) is 0 Å². The van der Waals surface area contributed by atoms with E-state index in [1.54, 1.807) is 19.3 Å². The van der Waals surface area contributed by atoms with Crippen LogP contribution in [0.2, 0.25) is 0 Å². The van der Waals surface area contributed by atoms with Gasteiger partial charge in [-0.3, -0.25) is 4.79 Å². The lowest BCUT2D eigenvalue weighted by atomic mass is 10.1. The van der Waals surface area contributed by atoms with Crippen molar-refractivity contribution in [3.05, 3.63) is 71.6 Å². The molecule has 1 amide bonds. The fourth-order valence-corrected chi connectivity index (χ4v) is 2.38. The molecular formula is C19H20N4O2. The van der Waals surface area contributed by atoms with E-state index >= 15 is 0 Å². The molecule has 6 heteroatoms. The Hall–Kier alpha value is -3.15. The molecule has 0 spiro atoms. The van der Waals surface area contributed by atoms with Crippen LogP contribution < -0.4 is 10.6 Å². The lowest BCUT2D eigenvalue weighted by Gasteiger charge is -2.09. The summed E-state index contributed by atoms with van der Waals surface area (Å²) in [5.74, 6) is 1.63. The van der Waals surface area contributed by atoms with E-state index in [0.29, 0.717) is 23.9 Å². The van der Waals surface area contributed by atoms with Crippen LogP contribution in [0.3, 0.4) is 0 Å². The van der Waals surface area contributed by atoms with Crippen molar-refractivity contribution in [1.82, 2.24) is 9.97 Å². The summed E-state index contributed by atoms with van der Waals surface area (Å²) in [6.07, 6.45) is 2.58. The number of rotatable bonds is 6. The van der Waals surface area contributed by atoms with Crippen LogP contribution in [-0.4, -0.2) is 15.9 Å². The molecule has 0 atom stereocenters. The van der Waals surface area contributed by atoms with Crippen molar-refractivity contribution in [1.29, 1.82) is 0 Å². The first-order valence-electron chi connectivity index (χ1n) is 8.16. The number of aryl methyl sites for hydroxylation is 2. The number of carbonyl (C=O) groups excluding carboxylic acids is 1. The van der Waals surface area contributed by atoms with Gasteiger partial charge in [-0.05, 0) is 43.2 Å². The van der Waals surface area contributed by atoms with Crippen LogP contribution in [0, 0.1) is 6.92 Å². The third-order valence-electron chi connectivity index (χ3n) is 3.71. The number of nitrogens with one attached hydrogen (secondary N) is 2. The Morgan fingerprint density at radius 1 is 1.16 bits per heavy atom. The Labute approximate surface area is 146 Å². The molecule has 2 heterocycles. The van der Waals surface area contributed by atoms with Gasteiger partial charge < -0.3 is 15.1 Å². The summed E-state index contributed by atoms with van der Waals surface area (Å²) in [6, 6.07) is 13.1. The van der Waals surface area contributed by atoms with Crippen molar-refractivity contribution in [3.8, 4) is 0 Å². The van der Waals surface area contributed by atoms with Gasteiger partial charge in [-0.15, -0.1) is 0 Å². The minimum absolute atomic E-state index is 0.268. The Bertz CT molecular complexity index is 842. The first-order valence-corrected chi connectivity index (χ1v) is 8.16. The van der Waals surface area contributed by atoms with Crippen LogP contribution in [0.5, 0.6) is 0 Å². The topological polar surface area (TPSA) is 80.0 Å². The van der Waals surface area contributed by atoms with Crippen LogP contribution in [0.25, 0.3) is 0 Å². The zero-order chi connectivity index (χ0) is 17.6. The van der Waals surface area contributed by atoms with Gasteiger partial charge in [0.05, 0.1) is 12.8 Å². The Balaban J connectivity index is 1.70. The van der Waals surface area contributed by atoms with Crippen LogP contribution in [0.15, 0.2) is 53.1 Å². The molecule has 0 unspecified atom stereocenters. The lowest BCUT2D eigenvalue weighted by Crippen LogP contribution is -2.15. The van der Waals surface area contributed by atoms with E-state index in [1.807, 2.05) is 36.4 Å². The first-order chi connectivity index (χ1) is 12.1. The zero-order valence-electron chi connectivity index (χ0n) is 14.2. The molecule has 0 radical (unpaired) electrons. The third-order valence-corrected chi connectivity index (χ3v) is 3.71. The second-order valence-electron chi connectivity index (χ2n) is 5.62. The van der Waals surface area contributed by atoms with Gasteiger partial charge in [0.15, 0.2) is 0 Å². The SMILES string of the molecule is CCc1ccc(NC(=O)c2cc(NCc3ccco3)nc(C)n2)cc1. The molecule has 0 saturated carbocycles. The van der Waals surface area contributed by atoms with Crippen LogP contribution >= 0.6 is 0 Å². The lowest BCUT2D eigenvalue weighted by molar-refractivity contribution is 0.102. The number of carbonyl (C=O) groups is 1. The summed E-state index contributed by atoms with van der Waals surface area (Å²) >= 11 is 0. The quantitative estimate of drug-likeness (QED) is 0.715. The average molecular weight is 336 g/mol. The highest BCUT2D eigenvalue weighted by molar-refractivity contribution is 6.03. The van der Waals surface area contributed by atoms with Crippen molar-refractivity contribution in [2.24, 2.45) is 0 Å². The van der Waals surface area contributed by atoms with Crippen molar-refractivity contribution >= 4 is 17.4 Å². The number of furan rings is 1. The number of nitrogens with zero attached hydrogens (tertiary/aromatic N) is 2. The number of hydrogen-bond acceptors (Lipinski definition) is 5. The molecule has 128 valence electrons. The van der Waals surface area contributed by atoms with Gasteiger partial charge in [-0.25, -0.2) is 9.97 Å². The molecule has 0 aliphatic rings. The minimum atomic E-state index is -0.268. The molecule has 25 heavy (non-hydrogen) atoms. The summed E-state index contributed by atoms with van der Waals surface area (Å²) in [6.45, 7) is 4.34. The van der Waals surface area contributed by atoms with E-state index in [4.69, 9.17) is 4.42 Å². The fourth-order valence-electron chi connectivity index (χ4n) is 2.38. The second kappa shape index (κ2) is 7.61. The van der Waals surface area contributed by atoms with Gasteiger partial charge in [0.25, 0.3) is 5.91 Å². The molecule has 0 bridgehead atoms. The number of amides is 1. The van der Waals surface area contributed by atoms with Gasteiger partial charge in [0.2, 0.25) is 0 Å². The van der Waals surface area contributed by atoms with Crippen LogP contribution in [-0.2, 0) is 13.0 Å². The largest absolute Gasteiger partial charge is 0.467 e. The summed E-state index contributed by atoms with van der Waals surface area (Å²) in [5, 5.41) is 6.00. The van der Waals surface area contributed by atoms with Crippen LogP contribution in [0.4, 0.5) is 11.5 Å². The molecular weight excluding hydrogens is 316 g/mol. The first kappa shape index (κ1) is 16.7. The summed E-state index contributed by atoms with van der Waals surface area (Å²) < 4.78 is 5.28. The molecule has 3 aromatic rings. The maximum Gasteiger partial charge on any atom is 0.274 e. The standard InChI is InChI=1S/C19H20N4O2/c1-3-14-6-8-15(9-7-14)23-19(24)17-11-18(22-13(2)21-17)20-12-16-5-4-10-25-16/h4-11H,3,12H2,1-2H3,(H,23,24)(H,20,21,22). The number of hydrogen-bond donors (Lipinski definition) is 2. The highest BCUT2D eigenvalue weighted by atomic mass is 16.3. The fraction of sp³-hybridized carbons (Fsp3) is 0.211. The van der Waals surface area contributed by atoms with E-state index in [9.17, 15) is 4.79 Å². The van der Waals surface area contributed by atoms with E-state index in [-0.39, 0.29) is 5.91 Å². The van der Waals surface area contributed by atoms with E-state index in [0.717, 1.165) is 17.9 Å². The number of benzene rings is 1. The number of anilines is 2. The number of aromatic nitrogens is 2. The molecule has 1 aromatic carbocycles. The highest BCUT2D eigenvalue weighted by Crippen LogP contribution is 2.13. The highest BCUT2D eigenvalue weighted by Gasteiger charge is 2.11. The van der Waals surface area contributed by atoms with Gasteiger partial charge in [-0.1, -0.05) is 19.1 Å². The van der Waals surface area contributed by atoms with Crippen molar-refractivity contribution in [3.63, 3.8) is 0 Å². The second-order valence-corrected chi connectivity index (χ2v) is 5.62. The van der Waals surface area contributed by atoms with Gasteiger partial charge in [0.1, 0.15) is 23.1 Å². The monoisotopic (exact) mass is 336 g/mol. The Morgan fingerprint density at radius 3 is 2.64 bits per heavy atom. The Kier molecular flexibility index (Phi) is 5.09. The van der Waals surface area contributed by atoms with E-state index in [1.165, 1.54) is 5.56 Å². The molecule has 0 saturated heterocycles. The minimum Gasteiger partial charge on any atom is -0.467 e.